The largest absolute Gasteiger partial charge is 0.467 e. The molecule has 7 heteroatoms. The van der Waals surface area contributed by atoms with Crippen LogP contribution in [-0.2, 0) is 22.4 Å². The number of hydrogen-bond donors (Lipinski definition) is 1. The molecule has 1 amide bonds. The minimum Gasteiger partial charge on any atom is -0.467 e. The van der Waals surface area contributed by atoms with Crippen molar-refractivity contribution < 1.29 is 23.1 Å². The highest BCUT2D eigenvalue weighted by atomic mass is 32.2. The molecule has 3 rings (SSSR count). The second-order valence-electron chi connectivity index (χ2n) is 9.32. The molecule has 0 aromatic heterocycles. The summed E-state index contributed by atoms with van der Waals surface area (Å²) in [6.45, 7) is 4.02. The van der Waals surface area contributed by atoms with Crippen molar-refractivity contribution in [2.75, 3.05) is 19.1 Å². The van der Waals surface area contributed by atoms with Gasteiger partial charge >= 0.3 is 5.97 Å². The van der Waals surface area contributed by atoms with Crippen LogP contribution in [0.25, 0.3) is 11.1 Å². The molecule has 3 aromatic rings. The number of carbonyl (C=O) groups excluding carboxylic acids is 2. The first-order chi connectivity index (χ1) is 17.7. The molecule has 0 aliphatic carbocycles. The van der Waals surface area contributed by atoms with E-state index in [0.717, 1.165) is 28.3 Å². The van der Waals surface area contributed by atoms with E-state index in [1.165, 1.54) is 19.2 Å². The van der Waals surface area contributed by atoms with E-state index < -0.39 is 23.6 Å². The van der Waals surface area contributed by atoms with Gasteiger partial charge in [0.25, 0.3) is 5.91 Å². The van der Waals surface area contributed by atoms with Crippen LogP contribution in [0.3, 0.4) is 0 Å². The van der Waals surface area contributed by atoms with Gasteiger partial charge in [-0.3, -0.25) is 4.79 Å². The number of methoxy groups -OCH3 is 1. The van der Waals surface area contributed by atoms with Gasteiger partial charge in [-0.25, -0.2) is 13.6 Å². The maximum atomic E-state index is 13.6. The molecule has 37 heavy (non-hydrogen) atoms. The van der Waals surface area contributed by atoms with Gasteiger partial charge < -0.3 is 10.1 Å². The second-order valence-corrected chi connectivity index (χ2v) is 10.3. The third kappa shape index (κ3) is 7.89. The average molecular weight is 526 g/mol. The van der Waals surface area contributed by atoms with E-state index in [1.54, 1.807) is 17.8 Å². The lowest BCUT2D eigenvalue weighted by atomic mass is 9.89. The van der Waals surface area contributed by atoms with Crippen molar-refractivity contribution in [2.45, 2.75) is 39.2 Å². The minimum atomic E-state index is -0.735. The fourth-order valence-corrected chi connectivity index (χ4v) is 4.95. The van der Waals surface area contributed by atoms with Crippen molar-refractivity contribution in [2.24, 2.45) is 5.92 Å². The number of carbonyl (C=O) groups is 2. The maximum Gasteiger partial charge on any atom is 0.328 e. The Labute approximate surface area is 221 Å². The van der Waals surface area contributed by atoms with Crippen molar-refractivity contribution in [1.29, 1.82) is 0 Å². The van der Waals surface area contributed by atoms with E-state index in [2.05, 4.69) is 5.32 Å². The normalized spacial score (nSPS) is 12.6. The lowest BCUT2D eigenvalue weighted by Crippen LogP contribution is -2.42. The molecule has 0 heterocycles. The molecule has 3 aromatic carbocycles. The fraction of sp³-hybridized carbons (Fsp3) is 0.333. The molecule has 0 aliphatic rings. The first-order valence-corrected chi connectivity index (χ1v) is 13.6. The molecule has 0 bridgehead atoms. The van der Waals surface area contributed by atoms with Gasteiger partial charge in [0.2, 0.25) is 0 Å². The SMILES string of the molecule is COC(=O)C(CCSC)NC(=O)c1ccc(CC(C)Cc2cc(F)cc(F)c2)cc1-c1ccccc1C. The van der Waals surface area contributed by atoms with Gasteiger partial charge in [-0.2, -0.15) is 11.8 Å². The predicted molar refractivity (Wildman–Crippen MR) is 146 cm³/mol. The molecule has 0 aliphatic heterocycles. The number of hydrogen-bond acceptors (Lipinski definition) is 4. The Hall–Kier alpha value is -3.19. The first kappa shape index (κ1) is 28.4. The van der Waals surface area contributed by atoms with Crippen molar-refractivity contribution in [3.05, 3.63) is 94.6 Å². The molecule has 0 spiro atoms. The molecule has 0 saturated carbocycles. The summed E-state index contributed by atoms with van der Waals surface area (Å²) in [5.74, 6) is -1.16. The number of rotatable bonds is 11. The summed E-state index contributed by atoms with van der Waals surface area (Å²) in [6, 6.07) is 16.4. The first-order valence-electron chi connectivity index (χ1n) is 12.2. The van der Waals surface area contributed by atoms with E-state index in [9.17, 15) is 18.4 Å². The molecule has 196 valence electrons. The van der Waals surface area contributed by atoms with E-state index in [4.69, 9.17) is 4.74 Å². The minimum absolute atomic E-state index is 0.112. The Bertz CT molecular complexity index is 1230. The highest BCUT2D eigenvalue weighted by Crippen LogP contribution is 2.29. The number of esters is 1. The smallest absolute Gasteiger partial charge is 0.328 e. The standard InChI is InChI=1S/C30H33F2NO3S/c1-19(14-22-15-23(31)18-24(32)16-22)13-21-9-10-26(27(17-21)25-8-6-5-7-20(25)2)29(34)33-28(11-12-37-4)30(35)36-3/h5-10,15-19,28H,11-14H2,1-4H3,(H,33,34). The fourth-order valence-electron chi connectivity index (χ4n) is 4.48. The molecule has 0 fully saturated rings. The van der Waals surface area contributed by atoms with Crippen LogP contribution in [0.2, 0.25) is 0 Å². The van der Waals surface area contributed by atoms with Crippen molar-refractivity contribution in [1.82, 2.24) is 5.32 Å². The molecular weight excluding hydrogens is 492 g/mol. The van der Waals surface area contributed by atoms with E-state index in [0.29, 0.717) is 36.1 Å². The summed E-state index contributed by atoms with van der Waals surface area (Å²) in [6.07, 6.45) is 3.59. The third-order valence-electron chi connectivity index (χ3n) is 6.26. The predicted octanol–water partition coefficient (Wildman–Crippen LogP) is 6.39. The zero-order valence-corrected chi connectivity index (χ0v) is 22.5. The zero-order valence-electron chi connectivity index (χ0n) is 21.6. The Balaban J connectivity index is 1.90. The van der Waals surface area contributed by atoms with Crippen LogP contribution in [0.1, 0.15) is 40.4 Å². The van der Waals surface area contributed by atoms with Crippen LogP contribution in [0.15, 0.2) is 60.7 Å². The topological polar surface area (TPSA) is 55.4 Å². The highest BCUT2D eigenvalue weighted by Gasteiger charge is 2.24. The summed E-state index contributed by atoms with van der Waals surface area (Å²) in [4.78, 5) is 25.7. The Kier molecular flexibility index (Phi) is 10.3. The van der Waals surface area contributed by atoms with Crippen LogP contribution in [0.5, 0.6) is 0 Å². The summed E-state index contributed by atoms with van der Waals surface area (Å²) >= 11 is 1.59. The summed E-state index contributed by atoms with van der Waals surface area (Å²) in [5.41, 5.74) is 4.80. The van der Waals surface area contributed by atoms with Crippen LogP contribution in [0, 0.1) is 24.5 Å². The number of aryl methyl sites for hydroxylation is 1. The van der Waals surface area contributed by atoms with Crippen LogP contribution >= 0.6 is 11.8 Å². The van der Waals surface area contributed by atoms with Gasteiger partial charge in [-0.15, -0.1) is 0 Å². The van der Waals surface area contributed by atoms with Crippen molar-refractivity contribution in [3.63, 3.8) is 0 Å². The molecule has 0 radical (unpaired) electrons. The van der Waals surface area contributed by atoms with Crippen molar-refractivity contribution in [3.8, 4) is 11.1 Å². The second kappa shape index (κ2) is 13.4. The Morgan fingerprint density at radius 2 is 1.62 bits per heavy atom. The van der Waals surface area contributed by atoms with Crippen LogP contribution < -0.4 is 5.32 Å². The van der Waals surface area contributed by atoms with Crippen LogP contribution in [0.4, 0.5) is 8.78 Å². The molecule has 2 unspecified atom stereocenters. The van der Waals surface area contributed by atoms with E-state index in [-0.39, 0.29) is 11.8 Å². The van der Waals surface area contributed by atoms with E-state index in [1.807, 2.05) is 56.5 Å². The summed E-state index contributed by atoms with van der Waals surface area (Å²) in [7, 11) is 1.31. The van der Waals surface area contributed by atoms with Crippen LogP contribution in [-0.4, -0.2) is 37.0 Å². The monoisotopic (exact) mass is 525 g/mol. The van der Waals surface area contributed by atoms with Gasteiger partial charge in [-0.05, 0) is 90.1 Å². The quantitative estimate of drug-likeness (QED) is 0.295. The Morgan fingerprint density at radius 1 is 0.946 bits per heavy atom. The average Bonchev–Trinajstić information content (AvgIpc) is 2.85. The van der Waals surface area contributed by atoms with Crippen molar-refractivity contribution >= 4 is 23.6 Å². The zero-order chi connectivity index (χ0) is 26.9. The summed E-state index contributed by atoms with van der Waals surface area (Å²) in [5, 5.41) is 2.85. The lowest BCUT2D eigenvalue weighted by molar-refractivity contribution is -0.142. The van der Waals surface area contributed by atoms with Gasteiger partial charge in [0.05, 0.1) is 7.11 Å². The third-order valence-corrected chi connectivity index (χ3v) is 6.90. The van der Waals surface area contributed by atoms with Gasteiger partial charge in [0.1, 0.15) is 17.7 Å². The number of ether oxygens (including phenoxy) is 1. The number of thioether (sulfide) groups is 1. The molecule has 2 atom stereocenters. The molecule has 1 N–H and O–H groups in total. The van der Waals surface area contributed by atoms with Gasteiger partial charge in [-0.1, -0.05) is 43.3 Å². The number of amides is 1. The van der Waals surface area contributed by atoms with E-state index >= 15 is 0 Å². The molecular formula is C30H33F2NO3S. The summed E-state index contributed by atoms with van der Waals surface area (Å²) < 4.78 is 32.2. The lowest BCUT2D eigenvalue weighted by Gasteiger charge is -2.19. The maximum absolute atomic E-state index is 13.6. The number of nitrogens with one attached hydrogen (secondary N) is 1. The molecule has 4 nitrogen and oxygen atoms in total. The Morgan fingerprint density at radius 3 is 2.27 bits per heavy atom. The molecule has 0 saturated heterocycles. The highest BCUT2D eigenvalue weighted by molar-refractivity contribution is 7.98. The number of halogens is 2. The van der Waals surface area contributed by atoms with Gasteiger partial charge in [0.15, 0.2) is 0 Å². The van der Waals surface area contributed by atoms with Gasteiger partial charge in [0, 0.05) is 11.6 Å². The number of benzene rings is 3.